The first-order chi connectivity index (χ1) is 13.4. The third-order valence-electron chi connectivity index (χ3n) is 4.58. The van der Waals surface area contributed by atoms with Gasteiger partial charge in [-0.05, 0) is 36.2 Å². The maximum Gasteiger partial charge on any atom is 0.252 e. The fourth-order valence-corrected chi connectivity index (χ4v) is 3.09. The van der Waals surface area contributed by atoms with Crippen LogP contribution in [-0.2, 0) is 16.0 Å². The van der Waals surface area contributed by atoms with Gasteiger partial charge in [-0.1, -0.05) is 6.07 Å². The van der Waals surface area contributed by atoms with Gasteiger partial charge in [-0.15, -0.1) is 0 Å². The molecule has 1 atom stereocenters. The molecule has 2 amide bonds. The number of rotatable bonds is 7. The van der Waals surface area contributed by atoms with E-state index in [9.17, 15) is 18.4 Å². The lowest BCUT2D eigenvalue weighted by Gasteiger charge is -2.16. The summed E-state index contributed by atoms with van der Waals surface area (Å²) in [5.74, 6) is -1.55. The number of carbonyl (C=O) groups excluding carboxylic acids is 2. The number of imide groups is 1. The number of methoxy groups -OCH3 is 2. The van der Waals surface area contributed by atoms with Crippen LogP contribution in [0.5, 0.6) is 11.5 Å². The van der Waals surface area contributed by atoms with Crippen LogP contribution in [0.2, 0.25) is 0 Å². The Morgan fingerprint density at radius 1 is 1.04 bits per heavy atom. The summed E-state index contributed by atoms with van der Waals surface area (Å²) in [6.07, 6.45) is 0.416. The lowest BCUT2D eigenvalue weighted by Crippen LogP contribution is -2.36. The van der Waals surface area contributed by atoms with Gasteiger partial charge in [-0.25, -0.2) is 8.78 Å². The number of carbonyl (C=O) groups is 2. The topological polar surface area (TPSA) is 67.9 Å². The van der Waals surface area contributed by atoms with Crippen molar-refractivity contribution >= 4 is 17.5 Å². The van der Waals surface area contributed by atoms with Crippen molar-refractivity contribution in [3.8, 4) is 11.5 Å². The molecule has 8 heteroatoms. The molecule has 2 aromatic carbocycles. The molecule has 0 spiro atoms. The molecule has 0 aliphatic carbocycles. The second kappa shape index (κ2) is 8.24. The van der Waals surface area contributed by atoms with Gasteiger partial charge in [0.1, 0.15) is 6.04 Å². The molecule has 1 aliphatic heterocycles. The van der Waals surface area contributed by atoms with E-state index in [2.05, 4.69) is 5.32 Å². The SMILES string of the molecule is COc1ccc(CCN2C(=O)C[C@H](Nc3ccc(F)c(F)c3)C2=O)cc1OC. The highest BCUT2D eigenvalue weighted by Gasteiger charge is 2.38. The van der Waals surface area contributed by atoms with Crippen LogP contribution in [0.15, 0.2) is 36.4 Å². The van der Waals surface area contributed by atoms with Crippen LogP contribution < -0.4 is 14.8 Å². The predicted molar refractivity (Wildman–Crippen MR) is 98.4 cm³/mol. The van der Waals surface area contributed by atoms with E-state index in [1.807, 2.05) is 6.07 Å². The Morgan fingerprint density at radius 2 is 1.79 bits per heavy atom. The second-order valence-electron chi connectivity index (χ2n) is 6.35. The summed E-state index contributed by atoms with van der Waals surface area (Å²) in [5, 5.41) is 2.80. The maximum atomic E-state index is 13.3. The highest BCUT2D eigenvalue weighted by Crippen LogP contribution is 2.28. The summed E-state index contributed by atoms with van der Waals surface area (Å²) in [7, 11) is 3.07. The minimum Gasteiger partial charge on any atom is -0.493 e. The van der Waals surface area contributed by atoms with Crippen LogP contribution >= 0.6 is 0 Å². The summed E-state index contributed by atoms with van der Waals surface area (Å²) < 4.78 is 36.8. The van der Waals surface area contributed by atoms with Crippen LogP contribution in [0.1, 0.15) is 12.0 Å². The van der Waals surface area contributed by atoms with Gasteiger partial charge in [0.2, 0.25) is 5.91 Å². The lowest BCUT2D eigenvalue weighted by molar-refractivity contribution is -0.138. The normalized spacial score (nSPS) is 16.4. The number of nitrogens with one attached hydrogen (secondary N) is 1. The second-order valence-corrected chi connectivity index (χ2v) is 6.35. The van der Waals surface area contributed by atoms with Gasteiger partial charge in [-0.3, -0.25) is 14.5 Å². The van der Waals surface area contributed by atoms with Gasteiger partial charge in [0, 0.05) is 18.3 Å². The monoisotopic (exact) mass is 390 g/mol. The zero-order chi connectivity index (χ0) is 20.3. The Labute approximate surface area is 161 Å². The zero-order valence-electron chi connectivity index (χ0n) is 15.5. The molecule has 0 bridgehead atoms. The molecule has 0 aromatic heterocycles. The van der Waals surface area contributed by atoms with E-state index in [1.165, 1.54) is 18.1 Å². The van der Waals surface area contributed by atoms with Crippen molar-refractivity contribution in [2.45, 2.75) is 18.9 Å². The van der Waals surface area contributed by atoms with E-state index in [0.717, 1.165) is 17.7 Å². The molecule has 1 aliphatic rings. The summed E-state index contributed by atoms with van der Waals surface area (Å²) in [6, 6.07) is 7.83. The number of ether oxygens (including phenoxy) is 2. The van der Waals surface area contributed by atoms with Crippen LogP contribution in [0.4, 0.5) is 14.5 Å². The van der Waals surface area contributed by atoms with Crippen molar-refractivity contribution in [1.82, 2.24) is 4.90 Å². The van der Waals surface area contributed by atoms with Crippen molar-refractivity contribution in [3.05, 3.63) is 53.6 Å². The highest BCUT2D eigenvalue weighted by molar-refractivity contribution is 6.06. The first kappa shape index (κ1) is 19.6. The largest absolute Gasteiger partial charge is 0.493 e. The molecule has 1 saturated heterocycles. The molecule has 0 unspecified atom stereocenters. The number of benzene rings is 2. The van der Waals surface area contributed by atoms with E-state index < -0.39 is 23.6 Å². The summed E-state index contributed by atoms with van der Waals surface area (Å²) in [5.41, 5.74) is 1.13. The summed E-state index contributed by atoms with van der Waals surface area (Å²) >= 11 is 0. The average Bonchev–Trinajstić information content (AvgIpc) is 2.95. The molecular formula is C20H20F2N2O4. The maximum absolute atomic E-state index is 13.3. The van der Waals surface area contributed by atoms with E-state index in [4.69, 9.17) is 9.47 Å². The van der Waals surface area contributed by atoms with Crippen LogP contribution in [0.3, 0.4) is 0 Å². The molecule has 28 heavy (non-hydrogen) atoms. The number of hydrogen-bond acceptors (Lipinski definition) is 5. The van der Waals surface area contributed by atoms with Gasteiger partial charge < -0.3 is 14.8 Å². The van der Waals surface area contributed by atoms with Crippen LogP contribution in [0, 0.1) is 11.6 Å². The zero-order valence-corrected chi connectivity index (χ0v) is 15.5. The molecule has 0 saturated carbocycles. The van der Waals surface area contributed by atoms with Gasteiger partial charge in [0.15, 0.2) is 23.1 Å². The predicted octanol–water partition coefficient (Wildman–Crippen LogP) is 2.76. The quantitative estimate of drug-likeness (QED) is 0.737. The molecule has 148 valence electrons. The molecule has 6 nitrogen and oxygen atoms in total. The molecule has 1 fully saturated rings. The fraction of sp³-hybridized carbons (Fsp3) is 0.300. The van der Waals surface area contributed by atoms with Crippen LogP contribution in [-0.4, -0.2) is 43.5 Å². The number of halogens is 2. The average molecular weight is 390 g/mol. The lowest BCUT2D eigenvalue weighted by atomic mass is 10.1. The number of anilines is 1. The van der Waals surface area contributed by atoms with Crippen molar-refractivity contribution < 1.29 is 27.8 Å². The van der Waals surface area contributed by atoms with Crippen LogP contribution in [0.25, 0.3) is 0 Å². The molecule has 2 aromatic rings. The van der Waals surface area contributed by atoms with Crippen molar-refractivity contribution in [3.63, 3.8) is 0 Å². The molecule has 1 heterocycles. The van der Waals surface area contributed by atoms with Gasteiger partial charge >= 0.3 is 0 Å². The van der Waals surface area contributed by atoms with Gasteiger partial charge in [-0.2, -0.15) is 0 Å². The Balaban J connectivity index is 1.64. The minimum absolute atomic E-state index is 0.0379. The van der Waals surface area contributed by atoms with Crippen molar-refractivity contribution in [2.75, 3.05) is 26.1 Å². The Hall–Kier alpha value is -3.16. The van der Waals surface area contributed by atoms with Gasteiger partial charge in [0.25, 0.3) is 5.91 Å². The first-order valence-electron chi connectivity index (χ1n) is 8.69. The Kier molecular flexibility index (Phi) is 5.77. The standard InChI is InChI=1S/C20H20F2N2O4/c1-27-17-6-3-12(9-18(17)28-2)7-8-24-19(25)11-16(20(24)26)23-13-4-5-14(21)15(22)10-13/h3-6,9-10,16,23H,7-8,11H2,1-2H3/t16-/m0/s1. The molecule has 0 radical (unpaired) electrons. The summed E-state index contributed by atoms with van der Waals surface area (Å²) in [6.45, 7) is 0.211. The number of nitrogens with zero attached hydrogens (tertiary/aromatic N) is 1. The number of hydrogen-bond donors (Lipinski definition) is 1. The van der Waals surface area contributed by atoms with E-state index >= 15 is 0 Å². The number of amides is 2. The van der Waals surface area contributed by atoms with Crippen molar-refractivity contribution in [2.24, 2.45) is 0 Å². The third kappa shape index (κ3) is 4.05. The smallest absolute Gasteiger partial charge is 0.252 e. The molecule has 3 rings (SSSR count). The third-order valence-corrected chi connectivity index (χ3v) is 4.58. The summed E-state index contributed by atoms with van der Waals surface area (Å²) in [4.78, 5) is 26.0. The minimum atomic E-state index is -1.02. The molecular weight excluding hydrogens is 370 g/mol. The molecule has 1 N–H and O–H groups in total. The van der Waals surface area contributed by atoms with E-state index in [1.54, 1.807) is 19.2 Å². The fourth-order valence-electron chi connectivity index (χ4n) is 3.09. The van der Waals surface area contributed by atoms with Crippen molar-refractivity contribution in [1.29, 1.82) is 0 Å². The first-order valence-corrected chi connectivity index (χ1v) is 8.69. The van der Waals surface area contributed by atoms with E-state index in [0.29, 0.717) is 17.9 Å². The Morgan fingerprint density at radius 3 is 2.46 bits per heavy atom. The van der Waals surface area contributed by atoms with E-state index in [-0.39, 0.29) is 24.6 Å². The highest BCUT2D eigenvalue weighted by atomic mass is 19.2. The van der Waals surface area contributed by atoms with Gasteiger partial charge in [0.05, 0.1) is 20.6 Å². The number of likely N-dealkylation sites (tertiary alicyclic amines) is 1. The Bertz CT molecular complexity index is 904.